The van der Waals surface area contributed by atoms with Crippen LogP contribution in [0.5, 0.6) is 0 Å². The van der Waals surface area contributed by atoms with Gasteiger partial charge >= 0.3 is 5.97 Å². The fourth-order valence-electron chi connectivity index (χ4n) is 4.06. The maximum atomic E-state index is 12.5. The zero-order valence-electron chi connectivity index (χ0n) is 14.7. The van der Waals surface area contributed by atoms with Gasteiger partial charge in [-0.15, -0.1) is 0 Å². The number of allylic oxidation sites excluding steroid dienone is 2. The largest absolute Gasteiger partial charge is 0.461 e. The molecule has 1 aliphatic carbocycles. The third-order valence-electron chi connectivity index (χ3n) is 5.43. The third-order valence-corrected chi connectivity index (χ3v) is 5.43. The van der Waals surface area contributed by atoms with Crippen LogP contribution in [0.1, 0.15) is 33.1 Å². The number of aliphatic hydroxyl groups excluding tert-OH is 1. The normalized spacial score (nSPS) is 37.9. The zero-order valence-corrected chi connectivity index (χ0v) is 14.7. The molecule has 0 aromatic heterocycles. The van der Waals surface area contributed by atoms with Crippen molar-refractivity contribution in [2.45, 2.75) is 45.3 Å². The molecule has 0 unspecified atom stereocenters. The van der Waals surface area contributed by atoms with Gasteiger partial charge in [-0.05, 0) is 26.7 Å². The second kappa shape index (κ2) is 7.81. The number of morpholine rings is 1. The van der Waals surface area contributed by atoms with E-state index in [4.69, 9.17) is 9.47 Å². The molecule has 2 heterocycles. The van der Waals surface area contributed by atoms with Crippen LogP contribution in [0.2, 0.25) is 0 Å². The molecule has 0 aromatic rings. The Labute approximate surface area is 144 Å². The number of hydrogen-bond acceptors (Lipinski definition) is 5. The summed E-state index contributed by atoms with van der Waals surface area (Å²) in [7, 11) is 0. The lowest BCUT2D eigenvalue weighted by Gasteiger charge is -2.31. The standard InChI is InChI=1S/C19H29NO4/c1-13-4-3-5-14(2)11-17-18(16(21)10-13)15(19(22)24-17)12-20-6-8-23-9-7-20/h5,10,15-18,21H,3-4,6-9,11-12H2,1-2H3/b13-10?,14-5+/t15-,16-,17+,18+/m1/s1. The monoisotopic (exact) mass is 335 g/mol. The summed E-state index contributed by atoms with van der Waals surface area (Å²) in [5.74, 6) is -0.593. The van der Waals surface area contributed by atoms with Crippen LogP contribution in [0.25, 0.3) is 0 Å². The number of nitrogens with zero attached hydrogens (tertiary/aromatic N) is 1. The molecule has 0 aromatic carbocycles. The maximum absolute atomic E-state index is 12.5. The minimum absolute atomic E-state index is 0.159. The summed E-state index contributed by atoms with van der Waals surface area (Å²) in [6.07, 6.45) is 5.96. The summed E-state index contributed by atoms with van der Waals surface area (Å²) >= 11 is 0. The van der Waals surface area contributed by atoms with Crippen molar-refractivity contribution in [3.63, 3.8) is 0 Å². The lowest BCUT2D eigenvalue weighted by atomic mass is 9.81. The number of fused-ring (bicyclic) bond motifs is 1. The molecular weight excluding hydrogens is 306 g/mol. The van der Waals surface area contributed by atoms with E-state index < -0.39 is 6.10 Å². The van der Waals surface area contributed by atoms with Crippen molar-refractivity contribution in [3.05, 3.63) is 23.3 Å². The molecule has 3 aliphatic rings. The highest BCUT2D eigenvalue weighted by Crippen LogP contribution is 2.37. The highest BCUT2D eigenvalue weighted by molar-refractivity contribution is 5.76. The summed E-state index contributed by atoms with van der Waals surface area (Å²) in [5, 5.41) is 10.8. The van der Waals surface area contributed by atoms with E-state index in [2.05, 4.69) is 24.8 Å². The number of hydrogen-bond donors (Lipinski definition) is 1. The van der Waals surface area contributed by atoms with Crippen molar-refractivity contribution in [1.82, 2.24) is 4.90 Å². The van der Waals surface area contributed by atoms with E-state index in [0.29, 0.717) is 19.8 Å². The Hall–Kier alpha value is -1.17. The van der Waals surface area contributed by atoms with Gasteiger partial charge in [0.15, 0.2) is 0 Å². The summed E-state index contributed by atoms with van der Waals surface area (Å²) < 4.78 is 11.1. The molecule has 134 valence electrons. The quantitative estimate of drug-likeness (QED) is 0.617. The van der Waals surface area contributed by atoms with Crippen LogP contribution in [-0.4, -0.2) is 61.0 Å². The van der Waals surface area contributed by atoms with Crippen molar-refractivity contribution in [2.24, 2.45) is 11.8 Å². The topological polar surface area (TPSA) is 59.0 Å². The Kier molecular flexibility index (Phi) is 5.74. The Morgan fingerprint density at radius 1 is 1.25 bits per heavy atom. The van der Waals surface area contributed by atoms with Gasteiger partial charge in [-0.3, -0.25) is 9.69 Å². The Morgan fingerprint density at radius 3 is 2.75 bits per heavy atom. The molecular formula is C19H29NO4. The predicted octanol–water partition coefficient (Wildman–Crippen LogP) is 1.91. The molecule has 0 amide bonds. The van der Waals surface area contributed by atoms with E-state index in [1.165, 1.54) is 11.1 Å². The minimum Gasteiger partial charge on any atom is -0.461 e. The summed E-state index contributed by atoms with van der Waals surface area (Å²) in [4.78, 5) is 14.8. The van der Waals surface area contributed by atoms with Gasteiger partial charge in [0, 0.05) is 32.0 Å². The Balaban J connectivity index is 1.81. The highest BCUT2D eigenvalue weighted by Gasteiger charge is 2.48. The predicted molar refractivity (Wildman–Crippen MR) is 91.5 cm³/mol. The average molecular weight is 335 g/mol. The molecule has 0 spiro atoms. The molecule has 2 saturated heterocycles. The second-order valence-corrected chi connectivity index (χ2v) is 7.37. The fourth-order valence-corrected chi connectivity index (χ4v) is 4.06. The van der Waals surface area contributed by atoms with Gasteiger partial charge in [-0.1, -0.05) is 23.3 Å². The van der Waals surface area contributed by atoms with Gasteiger partial charge in [-0.25, -0.2) is 0 Å². The number of ether oxygens (including phenoxy) is 2. The van der Waals surface area contributed by atoms with E-state index in [-0.39, 0.29) is 23.9 Å². The first-order chi connectivity index (χ1) is 11.5. The van der Waals surface area contributed by atoms with Gasteiger partial charge in [0.25, 0.3) is 0 Å². The molecule has 0 bridgehead atoms. The second-order valence-electron chi connectivity index (χ2n) is 7.37. The van der Waals surface area contributed by atoms with Gasteiger partial charge in [-0.2, -0.15) is 0 Å². The van der Waals surface area contributed by atoms with Crippen LogP contribution in [-0.2, 0) is 14.3 Å². The van der Waals surface area contributed by atoms with Crippen LogP contribution in [0.4, 0.5) is 0 Å². The highest BCUT2D eigenvalue weighted by atomic mass is 16.6. The molecule has 1 N–H and O–H groups in total. The molecule has 4 atom stereocenters. The van der Waals surface area contributed by atoms with Gasteiger partial charge < -0.3 is 14.6 Å². The van der Waals surface area contributed by atoms with Crippen molar-refractivity contribution < 1.29 is 19.4 Å². The van der Waals surface area contributed by atoms with Gasteiger partial charge in [0.2, 0.25) is 0 Å². The van der Waals surface area contributed by atoms with Gasteiger partial charge in [0.05, 0.1) is 25.2 Å². The van der Waals surface area contributed by atoms with Gasteiger partial charge in [0.1, 0.15) is 6.10 Å². The maximum Gasteiger partial charge on any atom is 0.311 e. The third kappa shape index (κ3) is 4.08. The van der Waals surface area contributed by atoms with Crippen molar-refractivity contribution >= 4 is 5.97 Å². The number of aliphatic hydroxyl groups is 1. The molecule has 2 aliphatic heterocycles. The van der Waals surface area contributed by atoms with Crippen LogP contribution in [0.15, 0.2) is 23.3 Å². The smallest absolute Gasteiger partial charge is 0.311 e. The molecule has 0 radical (unpaired) electrons. The van der Waals surface area contributed by atoms with Crippen molar-refractivity contribution in [3.8, 4) is 0 Å². The Bertz CT molecular complexity index is 521. The van der Waals surface area contributed by atoms with Crippen LogP contribution < -0.4 is 0 Å². The van der Waals surface area contributed by atoms with E-state index >= 15 is 0 Å². The molecule has 5 heteroatoms. The van der Waals surface area contributed by atoms with Crippen molar-refractivity contribution in [2.75, 3.05) is 32.8 Å². The fraction of sp³-hybridized carbons (Fsp3) is 0.737. The molecule has 3 rings (SSSR count). The van der Waals surface area contributed by atoms with E-state index in [1.54, 1.807) is 0 Å². The average Bonchev–Trinajstić information content (AvgIpc) is 2.83. The molecule has 2 fully saturated rings. The van der Waals surface area contributed by atoms with E-state index in [1.807, 2.05) is 6.08 Å². The van der Waals surface area contributed by atoms with E-state index in [9.17, 15) is 9.90 Å². The summed E-state index contributed by atoms with van der Waals surface area (Å²) in [5.41, 5.74) is 2.42. The zero-order chi connectivity index (χ0) is 17.1. The van der Waals surface area contributed by atoms with Crippen LogP contribution >= 0.6 is 0 Å². The summed E-state index contributed by atoms with van der Waals surface area (Å²) in [6.45, 7) is 7.88. The molecule has 5 nitrogen and oxygen atoms in total. The number of carbonyl (C=O) groups excluding carboxylic acids is 1. The van der Waals surface area contributed by atoms with Crippen LogP contribution in [0, 0.1) is 11.8 Å². The lowest BCUT2D eigenvalue weighted by molar-refractivity contribution is -0.144. The number of carbonyl (C=O) groups is 1. The first kappa shape index (κ1) is 17.6. The molecule has 24 heavy (non-hydrogen) atoms. The SMILES string of the molecule is CC1=C[C@@H](O)[C@H]2[C@H](C/C(C)=C/CC1)OC(=O)[C@@H]2CN1CCOCC1. The lowest BCUT2D eigenvalue weighted by Crippen LogP contribution is -2.44. The minimum atomic E-state index is -0.626. The Morgan fingerprint density at radius 2 is 2.00 bits per heavy atom. The number of esters is 1. The first-order valence-corrected chi connectivity index (χ1v) is 9.06. The summed E-state index contributed by atoms with van der Waals surface area (Å²) in [6, 6.07) is 0. The van der Waals surface area contributed by atoms with E-state index in [0.717, 1.165) is 32.4 Å². The number of rotatable bonds is 2. The van der Waals surface area contributed by atoms with Crippen LogP contribution in [0.3, 0.4) is 0 Å². The molecule has 0 saturated carbocycles. The first-order valence-electron chi connectivity index (χ1n) is 9.06. The van der Waals surface area contributed by atoms with Crippen molar-refractivity contribution in [1.29, 1.82) is 0 Å².